The van der Waals surface area contributed by atoms with Gasteiger partial charge in [0.05, 0.1) is 12.4 Å². The van der Waals surface area contributed by atoms with Crippen LogP contribution < -0.4 is 10.4 Å². The second-order valence-electron chi connectivity index (χ2n) is 6.13. The first kappa shape index (κ1) is 19.0. The van der Waals surface area contributed by atoms with Crippen molar-refractivity contribution < 1.29 is 9.53 Å². The molecular weight excluding hydrogens is 364 g/mol. The zero-order chi connectivity index (χ0) is 19.6. The van der Waals surface area contributed by atoms with Gasteiger partial charge in [0.1, 0.15) is 5.75 Å². The molecule has 0 atom stereocenters. The van der Waals surface area contributed by atoms with Crippen molar-refractivity contribution in [2.24, 2.45) is 7.05 Å². The number of ether oxygens (including phenoxy) is 1. The molecule has 0 fully saturated rings. The lowest BCUT2D eigenvalue weighted by atomic mass is 10.2. The Morgan fingerprint density at radius 1 is 1.26 bits per heavy atom. The summed E-state index contributed by atoms with van der Waals surface area (Å²) in [4.78, 5) is 24.1. The molecule has 0 radical (unpaired) electrons. The molecule has 0 aliphatic carbocycles. The maximum Gasteiger partial charge on any atom is 0.343 e. The third-order valence-corrected chi connectivity index (χ3v) is 5.34. The van der Waals surface area contributed by atoms with Crippen LogP contribution in [0, 0.1) is 13.8 Å². The van der Waals surface area contributed by atoms with Gasteiger partial charge in [0.15, 0.2) is 10.9 Å². The van der Waals surface area contributed by atoms with E-state index >= 15 is 0 Å². The van der Waals surface area contributed by atoms with Gasteiger partial charge < -0.3 is 9.30 Å². The first-order valence-corrected chi connectivity index (χ1v) is 9.60. The van der Waals surface area contributed by atoms with Gasteiger partial charge in [-0.1, -0.05) is 11.8 Å². The summed E-state index contributed by atoms with van der Waals surface area (Å²) < 4.78 is 8.93. The van der Waals surface area contributed by atoms with Crippen molar-refractivity contribution in [3.8, 4) is 11.4 Å². The zero-order valence-corrected chi connectivity index (χ0v) is 16.6. The van der Waals surface area contributed by atoms with Crippen molar-refractivity contribution in [3.05, 3.63) is 57.8 Å². The van der Waals surface area contributed by atoms with E-state index in [1.54, 1.807) is 7.05 Å². The molecule has 2 heterocycles. The highest BCUT2D eigenvalue weighted by Gasteiger charge is 2.18. The third kappa shape index (κ3) is 3.85. The highest BCUT2D eigenvalue weighted by atomic mass is 32.2. The number of hydrogen-bond acceptors (Lipinski definition) is 5. The molecule has 3 aromatic rings. The number of aryl methyl sites for hydroxylation is 1. The van der Waals surface area contributed by atoms with Crippen LogP contribution in [0.4, 0.5) is 0 Å². The van der Waals surface area contributed by atoms with Crippen LogP contribution in [0.3, 0.4) is 0 Å². The van der Waals surface area contributed by atoms with Crippen molar-refractivity contribution in [2.45, 2.75) is 25.9 Å². The van der Waals surface area contributed by atoms with Crippen LogP contribution in [0.15, 0.2) is 40.3 Å². The van der Waals surface area contributed by atoms with Gasteiger partial charge >= 0.3 is 5.69 Å². The number of nitrogens with zero attached hydrogens (tertiary/aromatic N) is 3. The Labute approximate surface area is 161 Å². The first-order valence-electron chi connectivity index (χ1n) is 8.62. The number of aromatic nitrogens is 4. The topological polar surface area (TPSA) is 81.9 Å². The number of hydrogen-bond donors (Lipinski definition) is 1. The minimum absolute atomic E-state index is 0.000681. The lowest BCUT2D eigenvalue weighted by Crippen LogP contribution is -2.13. The molecule has 7 nitrogen and oxygen atoms in total. The zero-order valence-electron chi connectivity index (χ0n) is 15.8. The molecule has 0 aliphatic heterocycles. The smallest absolute Gasteiger partial charge is 0.343 e. The number of benzene rings is 1. The second kappa shape index (κ2) is 7.87. The van der Waals surface area contributed by atoms with Crippen LogP contribution in [-0.4, -0.2) is 37.5 Å². The molecule has 0 unspecified atom stereocenters. The second-order valence-corrected chi connectivity index (χ2v) is 7.07. The Hall–Kier alpha value is -2.74. The predicted molar refractivity (Wildman–Crippen MR) is 105 cm³/mol. The first-order chi connectivity index (χ1) is 12.9. The molecule has 1 aromatic carbocycles. The Bertz CT molecular complexity index is 1010. The molecule has 0 saturated carbocycles. The Morgan fingerprint density at radius 3 is 2.56 bits per heavy atom. The van der Waals surface area contributed by atoms with Crippen molar-refractivity contribution in [3.63, 3.8) is 0 Å². The fourth-order valence-electron chi connectivity index (χ4n) is 2.97. The summed E-state index contributed by atoms with van der Waals surface area (Å²) in [6, 6.07) is 9.71. The molecule has 1 N–H and O–H groups in total. The Morgan fingerprint density at radius 2 is 1.96 bits per heavy atom. The molecule has 0 spiro atoms. The predicted octanol–water partition coefficient (Wildman–Crippen LogP) is 2.89. The molecule has 142 valence electrons. The number of carbonyl (C=O) groups is 1. The summed E-state index contributed by atoms with van der Waals surface area (Å²) >= 11 is 1.24. The van der Waals surface area contributed by atoms with Gasteiger partial charge in [0, 0.05) is 29.7 Å². The van der Waals surface area contributed by atoms with Crippen LogP contribution >= 0.6 is 11.8 Å². The summed E-state index contributed by atoms with van der Waals surface area (Å²) in [5.41, 5.74) is 3.23. The van der Waals surface area contributed by atoms with E-state index in [4.69, 9.17) is 4.74 Å². The monoisotopic (exact) mass is 386 g/mol. The summed E-state index contributed by atoms with van der Waals surface area (Å²) in [6.07, 6.45) is 0. The van der Waals surface area contributed by atoms with Gasteiger partial charge in [-0.25, -0.2) is 9.89 Å². The van der Waals surface area contributed by atoms with Crippen LogP contribution in [0.2, 0.25) is 0 Å². The van der Waals surface area contributed by atoms with Gasteiger partial charge in [-0.2, -0.15) is 0 Å². The summed E-state index contributed by atoms with van der Waals surface area (Å²) in [6.45, 7) is 6.49. The molecule has 27 heavy (non-hydrogen) atoms. The maximum atomic E-state index is 12.7. The van der Waals surface area contributed by atoms with E-state index in [9.17, 15) is 9.59 Å². The van der Waals surface area contributed by atoms with Crippen molar-refractivity contribution in [1.29, 1.82) is 0 Å². The minimum atomic E-state index is -0.293. The number of rotatable bonds is 7. The molecule has 0 amide bonds. The van der Waals surface area contributed by atoms with Crippen LogP contribution in [0.1, 0.15) is 28.7 Å². The Kier molecular flexibility index (Phi) is 5.55. The fourth-order valence-corrected chi connectivity index (χ4v) is 3.77. The normalized spacial score (nSPS) is 11.0. The van der Waals surface area contributed by atoms with E-state index in [0.29, 0.717) is 17.3 Å². The van der Waals surface area contributed by atoms with E-state index in [-0.39, 0.29) is 17.2 Å². The Balaban J connectivity index is 1.81. The van der Waals surface area contributed by atoms with E-state index in [0.717, 1.165) is 22.8 Å². The molecule has 0 bridgehead atoms. The van der Waals surface area contributed by atoms with Gasteiger partial charge in [0.2, 0.25) is 0 Å². The molecule has 8 heteroatoms. The molecular formula is C19H22N4O3S. The van der Waals surface area contributed by atoms with E-state index in [2.05, 4.69) is 14.8 Å². The average Bonchev–Trinajstić information content (AvgIpc) is 3.13. The van der Waals surface area contributed by atoms with Crippen LogP contribution in [-0.2, 0) is 7.05 Å². The fraction of sp³-hybridized carbons (Fsp3) is 0.316. The molecule has 2 aromatic heterocycles. The quantitative estimate of drug-likeness (QED) is 0.499. The number of thioether (sulfide) groups is 1. The number of nitrogens with one attached hydrogen (secondary N) is 1. The van der Waals surface area contributed by atoms with Gasteiger partial charge in [-0.3, -0.25) is 9.36 Å². The lowest BCUT2D eigenvalue weighted by Gasteiger charge is -2.11. The highest BCUT2D eigenvalue weighted by Crippen LogP contribution is 2.24. The number of carbonyl (C=O) groups excluding carboxylic acids is 1. The summed E-state index contributed by atoms with van der Waals surface area (Å²) in [5, 5.41) is 6.78. The summed E-state index contributed by atoms with van der Waals surface area (Å²) in [7, 11) is 1.62. The van der Waals surface area contributed by atoms with E-state index in [1.165, 1.54) is 16.3 Å². The maximum absolute atomic E-state index is 12.7. The van der Waals surface area contributed by atoms with Crippen molar-refractivity contribution in [2.75, 3.05) is 12.4 Å². The summed E-state index contributed by atoms with van der Waals surface area (Å²) in [5.74, 6) is 1.04. The molecule has 3 rings (SSSR count). The minimum Gasteiger partial charge on any atom is -0.494 e. The number of ketones is 1. The van der Waals surface area contributed by atoms with Crippen LogP contribution in [0.5, 0.6) is 5.75 Å². The SMILES string of the molecule is CCOc1ccc(-n2c(C)cc(C(=O)CSc3n[nH]c(=O)n3C)c2C)cc1. The molecule has 0 aliphatic rings. The third-order valence-electron chi connectivity index (χ3n) is 4.31. The average molecular weight is 386 g/mol. The number of H-pyrrole nitrogens is 1. The van der Waals surface area contributed by atoms with Gasteiger partial charge in [-0.05, 0) is 51.1 Å². The number of aromatic amines is 1. The number of Topliss-reactive ketones (excluding diaryl/α,β-unsaturated/α-hetero) is 1. The lowest BCUT2D eigenvalue weighted by molar-refractivity contribution is 0.102. The van der Waals surface area contributed by atoms with Crippen LogP contribution in [0.25, 0.3) is 5.69 Å². The van der Waals surface area contributed by atoms with E-state index < -0.39 is 0 Å². The van der Waals surface area contributed by atoms with Gasteiger partial charge in [0.25, 0.3) is 0 Å². The van der Waals surface area contributed by atoms with E-state index in [1.807, 2.05) is 51.1 Å². The molecule has 0 saturated heterocycles. The highest BCUT2D eigenvalue weighted by molar-refractivity contribution is 7.99. The standard InChI is InChI=1S/C19H22N4O3S/c1-5-26-15-8-6-14(7-9-15)23-12(2)10-16(13(23)3)17(24)11-27-19-21-20-18(25)22(19)4/h6-10H,5,11H2,1-4H3,(H,20,25). The van der Waals surface area contributed by atoms with Gasteiger partial charge in [-0.15, -0.1) is 5.10 Å². The van der Waals surface area contributed by atoms with Crippen molar-refractivity contribution in [1.82, 2.24) is 19.3 Å². The van der Waals surface area contributed by atoms with Crippen molar-refractivity contribution >= 4 is 17.5 Å². The largest absolute Gasteiger partial charge is 0.494 e.